The molecule has 94 valence electrons. The molecule has 0 unspecified atom stereocenters. The van der Waals surface area contributed by atoms with Crippen LogP contribution in [-0.2, 0) is 14.3 Å². The number of hydrogen-bond acceptors (Lipinski definition) is 5. The molecular formula is C12H12N2O3S. The summed E-state index contributed by atoms with van der Waals surface area (Å²) in [5.74, 6) is -1.03. The number of nitrogens with zero attached hydrogens (tertiary/aromatic N) is 1. The van der Waals surface area contributed by atoms with Gasteiger partial charge in [-0.05, 0) is 25.3 Å². The average Bonchev–Trinajstić information content (AvgIpc) is 2.72. The molecule has 0 aromatic carbocycles. The van der Waals surface area contributed by atoms with E-state index in [-0.39, 0.29) is 6.61 Å². The predicted molar refractivity (Wildman–Crippen MR) is 68.1 cm³/mol. The molecule has 0 bridgehead atoms. The maximum Gasteiger partial charge on any atom is 0.331 e. The minimum Gasteiger partial charge on any atom is -0.452 e. The van der Waals surface area contributed by atoms with Gasteiger partial charge < -0.3 is 10.1 Å². The predicted octanol–water partition coefficient (Wildman–Crippen LogP) is 2.07. The van der Waals surface area contributed by atoms with E-state index in [9.17, 15) is 9.59 Å². The molecule has 5 nitrogen and oxygen atoms in total. The summed E-state index contributed by atoms with van der Waals surface area (Å²) in [6.45, 7) is 3.14. The maximum atomic E-state index is 11.5. The Labute approximate surface area is 109 Å². The van der Waals surface area contributed by atoms with Crippen molar-refractivity contribution in [2.24, 2.45) is 0 Å². The number of rotatable bonds is 4. The first-order chi connectivity index (χ1) is 8.52. The molecule has 18 heavy (non-hydrogen) atoms. The molecule has 6 heteroatoms. The number of amides is 1. The van der Waals surface area contributed by atoms with Gasteiger partial charge in [0.15, 0.2) is 6.61 Å². The van der Waals surface area contributed by atoms with Gasteiger partial charge in [-0.2, -0.15) is 5.26 Å². The van der Waals surface area contributed by atoms with E-state index in [0.29, 0.717) is 10.6 Å². The monoisotopic (exact) mass is 264 g/mol. The van der Waals surface area contributed by atoms with Gasteiger partial charge in [-0.25, -0.2) is 4.79 Å². The van der Waals surface area contributed by atoms with Gasteiger partial charge in [0.25, 0.3) is 5.91 Å². The third-order valence-corrected chi connectivity index (χ3v) is 2.62. The highest BCUT2D eigenvalue weighted by Gasteiger charge is 2.09. The number of thiophene rings is 1. The molecule has 0 aliphatic heterocycles. The van der Waals surface area contributed by atoms with Crippen LogP contribution in [-0.4, -0.2) is 18.5 Å². The molecular weight excluding hydrogens is 252 g/mol. The normalized spacial score (nSPS) is 9.17. The highest BCUT2D eigenvalue weighted by atomic mass is 32.1. The first-order valence-electron chi connectivity index (χ1n) is 5.12. The molecule has 1 aromatic heterocycles. The number of ether oxygens (including phenoxy) is 1. The molecule has 0 spiro atoms. The highest BCUT2D eigenvalue weighted by Crippen LogP contribution is 2.21. The zero-order chi connectivity index (χ0) is 13.5. The van der Waals surface area contributed by atoms with Crippen LogP contribution in [0.2, 0.25) is 0 Å². The smallest absolute Gasteiger partial charge is 0.331 e. The van der Waals surface area contributed by atoms with Crippen molar-refractivity contribution >= 4 is 28.2 Å². The van der Waals surface area contributed by atoms with Gasteiger partial charge in [-0.15, -0.1) is 11.3 Å². The zero-order valence-corrected chi connectivity index (χ0v) is 10.8. The topological polar surface area (TPSA) is 79.2 Å². The molecule has 0 aliphatic rings. The molecule has 0 radical (unpaired) electrons. The number of nitrogens with one attached hydrogen (secondary N) is 1. The van der Waals surface area contributed by atoms with Crippen molar-refractivity contribution in [1.82, 2.24) is 0 Å². The average molecular weight is 264 g/mol. The van der Waals surface area contributed by atoms with Gasteiger partial charge in [0, 0.05) is 6.08 Å². The molecule has 1 rings (SSSR count). The summed E-state index contributed by atoms with van der Waals surface area (Å²) in [4.78, 5) is 22.6. The molecule has 0 atom stereocenters. The number of carbonyl (C=O) groups excluding carboxylic acids is 2. The lowest BCUT2D eigenvalue weighted by Gasteiger charge is -2.03. The summed E-state index contributed by atoms with van der Waals surface area (Å²) in [5, 5.41) is 13.4. The molecule has 1 N–H and O–H groups in total. The fourth-order valence-corrected chi connectivity index (χ4v) is 1.82. The minimum absolute atomic E-state index is 0.370. The quantitative estimate of drug-likeness (QED) is 0.667. The zero-order valence-electron chi connectivity index (χ0n) is 10.0. The number of anilines is 1. The standard InChI is InChI=1S/C12H12N2O3S/c1-8(2)5-11(16)17-7-10(15)14-12-9(6-13)3-4-18-12/h3-5H,7H2,1-2H3,(H,14,15). The van der Waals surface area contributed by atoms with Crippen molar-refractivity contribution in [1.29, 1.82) is 5.26 Å². The van der Waals surface area contributed by atoms with E-state index >= 15 is 0 Å². The van der Waals surface area contributed by atoms with Gasteiger partial charge in [0.05, 0.1) is 5.56 Å². The minimum atomic E-state index is -0.558. The summed E-state index contributed by atoms with van der Waals surface area (Å²) >= 11 is 1.24. The van der Waals surface area contributed by atoms with Gasteiger partial charge in [0.1, 0.15) is 11.1 Å². The van der Waals surface area contributed by atoms with E-state index in [1.54, 1.807) is 25.3 Å². The number of hydrogen-bond donors (Lipinski definition) is 1. The summed E-state index contributed by atoms with van der Waals surface area (Å²) in [5.41, 5.74) is 1.19. The summed E-state index contributed by atoms with van der Waals surface area (Å²) < 4.78 is 4.73. The third-order valence-electron chi connectivity index (χ3n) is 1.79. The van der Waals surface area contributed by atoms with E-state index in [4.69, 9.17) is 10.00 Å². The van der Waals surface area contributed by atoms with Crippen molar-refractivity contribution in [2.75, 3.05) is 11.9 Å². The van der Waals surface area contributed by atoms with Gasteiger partial charge >= 0.3 is 5.97 Å². The fourth-order valence-electron chi connectivity index (χ4n) is 1.07. The van der Waals surface area contributed by atoms with Crippen LogP contribution in [0.15, 0.2) is 23.1 Å². The van der Waals surface area contributed by atoms with Gasteiger partial charge in [0.2, 0.25) is 0 Å². The fraction of sp³-hybridized carbons (Fsp3) is 0.250. The number of allylic oxidation sites excluding steroid dienone is 1. The van der Waals surface area contributed by atoms with Crippen molar-refractivity contribution in [3.05, 3.63) is 28.7 Å². The summed E-state index contributed by atoms with van der Waals surface area (Å²) in [7, 11) is 0. The Bertz CT molecular complexity index is 522. The van der Waals surface area contributed by atoms with Crippen LogP contribution in [0.3, 0.4) is 0 Å². The van der Waals surface area contributed by atoms with Crippen molar-refractivity contribution in [3.8, 4) is 6.07 Å². The number of nitriles is 1. The van der Waals surface area contributed by atoms with Gasteiger partial charge in [-0.1, -0.05) is 5.57 Å². The Morgan fingerprint density at radius 3 is 2.89 bits per heavy atom. The van der Waals surface area contributed by atoms with Crippen molar-refractivity contribution in [2.45, 2.75) is 13.8 Å². The Kier molecular flexibility index (Phi) is 5.08. The number of esters is 1. The second kappa shape index (κ2) is 6.57. The molecule has 0 aliphatic carbocycles. The molecule has 0 saturated heterocycles. The van der Waals surface area contributed by atoms with Gasteiger partial charge in [-0.3, -0.25) is 4.79 Å². The Morgan fingerprint density at radius 2 is 2.28 bits per heavy atom. The number of carbonyl (C=O) groups is 2. The third kappa shape index (κ3) is 4.39. The van der Waals surface area contributed by atoms with Crippen LogP contribution in [0.5, 0.6) is 0 Å². The second-order valence-corrected chi connectivity index (χ2v) is 4.57. The van der Waals surface area contributed by atoms with Crippen LogP contribution >= 0.6 is 11.3 Å². The van der Waals surface area contributed by atoms with Crippen LogP contribution in [0, 0.1) is 11.3 Å². The first-order valence-corrected chi connectivity index (χ1v) is 6.00. The van der Waals surface area contributed by atoms with Crippen LogP contribution in [0.4, 0.5) is 5.00 Å². The van der Waals surface area contributed by atoms with Crippen LogP contribution in [0.25, 0.3) is 0 Å². The lowest BCUT2D eigenvalue weighted by Crippen LogP contribution is -2.20. The van der Waals surface area contributed by atoms with E-state index < -0.39 is 11.9 Å². The van der Waals surface area contributed by atoms with Crippen molar-refractivity contribution in [3.63, 3.8) is 0 Å². The molecule has 0 fully saturated rings. The SMILES string of the molecule is CC(C)=CC(=O)OCC(=O)Nc1sccc1C#N. The Balaban J connectivity index is 2.46. The van der Waals surface area contributed by atoms with E-state index in [0.717, 1.165) is 5.57 Å². The molecule has 1 aromatic rings. The molecule has 1 amide bonds. The van der Waals surface area contributed by atoms with Crippen molar-refractivity contribution < 1.29 is 14.3 Å². The second-order valence-electron chi connectivity index (χ2n) is 3.65. The van der Waals surface area contributed by atoms with E-state index in [2.05, 4.69) is 5.32 Å². The Morgan fingerprint density at radius 1 is 1.56 bits per heavy atom. The summed E-state index contributed by atoms with van der Waals surface area (Å²) in [6, 6.07) is 3.56. The lowest BCUT2D eigenvalue weighted by molar-refractivity contribution is -0.142. The lowest BCUT2D eigenvalue weighted by atomic mass is 10.3. The van der Waals surface area contributed by atoms with Crippen LogP contribution < -0.4 is 5.32 Å². The first kappa shape index (κ1) is 13.9. The molecule has 1 heterocycles. The van der Waals surface area contributed by atoms with E-state index in [1.807, 2.05) is 6.07 Å². The maximum absolute atomic E-state index is 11.5. The molecule has 0 saturated carbocycles. The largest absolute Gasteiger partial charge is 0.452 e. The summed E-state index contributed by atoms with van der Waals surface area (Å²) in [6.07, 6.45) is 1.30. The Hall–Kier alpha value is -2.13. The van der Waals surface area contributed by atoms with Crippen LogP contribution in [0.1, 0.15) is 19.4 Å². The highest BCUT2D eigenvalue weighted by molar-refractivity contribution is 7.14. The van der Waals surface area contributed by atoms with E-state index in [1.165, 1.54) is 17.4 Å².